The number of anilines is 1. The molecular formula is C13H19N3O2. The maximum Gasteiger partial charge on any atom is 0.303 e. The number of aliphatic carboxylic acids is 1. The summed E-state index contributed by atoms with van der Waals surface area (Å²) < 4.78 is 0. The predicted molar refractivity (Wildman–Crippen MR) is 68.6 cm³/mol. The lowest BCUT2D eigenvalue weighted by molar-refractivity contribution is -0.137. The number of piperidine rings is 1. The molecule has 5 nitrogen and oxygen atoms in total. The molecule has 1 aromatic heterocycles. The lowest BCUT2D eigenvalue weighted by Crippen LogP contribution is -2.36. The van der Waals surface area contributed by atoms with Crippen molar-refractivity contribution < 1.29 is 9.90 Å². The molecule has 0 amide bonds. The van der Waals surface area contributed by atoms with Gasteiger partial charge in [0.2, 0.25) is 0 Å². The topological polar surface area (TPSA) is 66.3 Å². The van der Waals surface area contributed by atoms with Gasteiger partial charge in [-0.3, -0.25) is 4.79 Å². The van der Waals surface area contributed by atoms with E-state index in [9.17, 15) is 4.79 Å². The fraction of sp³-hybridized carbons (Fsp3) is 0.615. The molecule has 1 fully saturated rings. The van der Waals surface area contributed by atoms with Crippen LogP contribution in [0.4, 0.5) is 5.82 Å². The van der Waals surface area contributed by atoms with Gasteiger partial charge in [0.25, 0.3) is 0 Å². The minimum Gasteiger partial charge on any atom is -0.481 e. The van der Waals surface area contributed by atoms with Gasteiger partial charge in [0.15, 0.2) is 0 Å². The van der Waals surface area contributed by atoms with Crippen molar-refractivity contribution in [3.05, 3.63) is 18.1 Å². The molecule has 1 N–H and O–H groups in total. The van der Waals surface area contributed by atoms with Crippen molar-refractivity contribution in [3.8, 4) is 0 Å². The Morgan fingerprint density at radius 1 is 1.56 bits per heavy atom. The molecule has 0 saturated carbocycles. The largest absolute Gasteiger partial charge is 0.481 e. The number of aryl methyl sites for hydroxylation is 1. The summed E-state index contributed by atoms with van der Waals surface area (Å²) in [5.41, 5.74) is 0.965. The monoisotopic (exact) mass is 249 g/mol. The molecular weight excluding hydrogens is 230 g/mol. The minimum atomic E-state index is -0.704. The maximum atomic E-state index is 10.6. The lowest BCUT2D eigenvalue weighted by atomic mass is 9.93. The first-order valence-electron chi connectivity index (χ1n) is 6.40. The number of hydrogen-bond donors (Lipinski definition) is 1. The van der Waals surface area contributed by atoms with E-state index < -0.39 is 5.97 Å². The molecule has 1 aliphatic rings. The first-order valence-corrected chi connectivity index (χ1v) is 6.40. The number of aromatic nitrogens is 2. The average molecular weight is 249 g/mol. The maximum absolute atomic E-state index is 10.6. The van der Waals surface area contributed by atoms with E-state index in [-0.39, 0.29) is 6.42 Å². The molecule has 1 aromatic rings. The fourth-order valence-electron chi connectivity index (χ4n) is 2.45. The highest BCUT2D eigenvalue weighted by molar-refractivity contribution is 5.66. The molecule has 1 saturated heterocycles. The Hall–Kier alpha value is -1.65. The second-order valence-electron chi connectivity index (χ2n) is 4.90. The van der Waals surface area contributed by atoms with Gasteiger partial charge in [-0.2, -0.15) is 0 Å². The van der Waals surface area contributed by atoms with Gasteiger partial charge >= 0.3 is 5.97 Å². The Labute approximate surface area is 107 Å². The summed E-state index contributed by atoms with van der Waals surface area (Å²) in [4.78, 5) is 21.2. The number of nitrogens with zero attached hydrogens (tertiary/aromatic N) is 3. The number of carboxylic acid groups (broad SMARTS) is 1. The van der Waals surface area contributed by atoms with E-state index in [0.717, 1.165) is 43.9 Å². The normalized spacial score (nSPS) is 19.8. The Morgan fingerprint density at radius 3 is 3.11 bits per heavy atom. The molecule has 0 spiro atoms. The molecule has 5 heteroatoms. The highest BCUT2D eigenvalue weighted by Crippen LogP contribution is 2.24. The Bertz CT molecular complexity index is 422. The predicted octanol–water partition coefficient (Wildman–Crippen LogP) is 1.87. The van der Waals surface area contributed by atoms with E-state index in [2.05, 4.69) is 14.9 Å². The van der Waals surface area contributed by atoms with Crippen LogP contribution in [-0.4, -0.2) is 34.1 Å². The highest BCUT2D eigenvalue weighted by atomic mass is 16.4. The molecule has 2 rings (SSSR count). The first kappa shape index (κ1) is 12.8. The van der Waals surface area contributed by atoms with Gasteiger partial charge in [-0.25, -0.2) is 9.97 Å². The molecule has 0 aliphatic carbocycles. The van der Waals surface area contributed by atoms with Crippen LogP contribution in [0.1, 0.15) is 31.4 Å². The molecule has 0 aromatic carbocycles. The third-order valence-electron chi connectivity index (χ3n) is 3.40. The average Bonchev–Trinajstić information content (AvgIpc) is 2.37. The number of carboxylic acids is 1. The number of carbonyl (C=O) groups is 1. The van der Waals surface area contributed by atoms with Gasteiger partial charge < -0.3 is 10.0 Å². The summed E-state index contributed by atoms with van der Waals surface area (Å²) in [5.74, 6) is 0.720. The van der Waals surface area contributed by atoms with Gasteiger partial charge in [-0.05, 0) is 32.1 Å². The van der Waals surface area contributed by atoms with Gasteiger partial charge in [0.05, 0.1) is 0 Å². The molecule has 1 atom stereocenters. The zero-order valence-electron chi connectivity index (χ0n) is 10.7. The Morgan fingerprint density at radius 2 is 2.39 bits per heavy atom. The Balaban J connectivity index is 1.96. The van der Waals surface area contributed by atoms with Crippen molar-refractivity contribution in [2.75, 3.05) is 18.0 Å². The van der Waals surface area contributed by atoms with Gasteiger partial charge in [0.1, 0.15) is 12.1 Å². The third-order valence-corrected chi connectivity index (χ3v) is 3.40. The second kappa shape index (κ2) is 5.80. The van der Waals surface area contributed by atoms with E-state index in [1.165, 1.54) is 0 Å². The van der Waals surface area contributed by atoms with Crippen LogP contribution in [0.15, 0.2) is 12.4 Å². The molecule has 2 heterocycles. The zero-order chi connectivity index (χ0) is 13.0. The summed E-state index contributed by atoms with van der Waals surface area (Å²) in [6.07, 6.45) is 4.84. The van der Waals surface area contributed by atoms with Crippen molar-refractivity contribution in [1.29, 1.82) is 0 Å². The van der Waals surface area contributed by atoms with E-state index in [0.29, 0.717) is 5.92 Å². The number of rotatable bonds is 4. The van der Waals surface area contributed by atoms with Crippen LogP contribution in [-0.2, 0) is 4.79 Å². The summed E-state index contributed by atoms with van der Waals surface area (Å²) in [7, 11) is 0. The summed E-state index contributed by atoms with van der Waals surface area (Å²) >= 11 is 0. The standard InChI is InChI=1S/C13H19N3O2/c1-10-7-12(15-9-14-10)16-6-2-3-11(8-16)4-5-13(17)18/h7,9,11H,2-6,8H2,1H3,(H,17,18). The van der Waals surface area contributed by atoms with Gasteiger partial charge in [0, 0.05) is 31.3 Å². The van der Waals surface area contributed by atoms with E-state index in [1.54, 1.807) is 6.33 Å². The van der Waals surface area contributed by atoms with Crippen LogP contribution in [0.5, 0.6) is 0 Å². The van der Waals surface area contributed by atoms with E-state index in [4.69, 9.17) is 5.11 Å². The quantitative estimate of drug-likeness (QED) is 0.882. The van der Waals surface area contributed by atoms with E-state index in [1.807, 2.05) is 13.0 Å². The van der Waals surface area contributed by atoms with Crippen molar-refractivity contribution in [3.63, 3.8) is 0 Å². The Kier molecular flexibility index (Phi) is 4.12. The van der Waals surface area contributed by atoms with Gasteiger partial charge in [-0.1, -0.05) is 0 Å². The zero-order valence-corrected chi connectivity index (χ0v) is 10.7. The van der Waals surface area contributed by atoms with E-state index >= 15 is 0 Å². The summed E-state index contributed by atoms with van der Waals surface area (Å²) in [5, 5.41) is 8.73. The van der Waals surface area contributed by atoms with Gasteiger partial charge in [-0.15, -0.1) is 0 Å². The molecule has 0 radical (unpaired) electrons. The summed E-state index contributed by atoms with van der Waals surface area (Å²) in [6, 6.07) is 1.99. The van der Waals surface area contributed by atoms with Crippen molar-refractivity contribution >= 4 is 11.8 Å². The second-order valence-corrected chi connectivity index (χ2v) is 4.90. The highest BCUT2D eigenvalue weighted by Gasteiger charge is 2.21. The van der Waals surface area contributed by atoms with Crippen LogP contribution in [0.2, 0.25) is 0 Å². The van der Waals surface area contributed by atoms with Crippen LogP contribution in [0.3, 0.4) is 0 Å². The van der Waals surface area contributed by atoms with Crippen molar-refractivity contribution in [2.24, 2.45) is 5.92 Å². The van der Waals surface area contributed by atoms with Crippen LogP contribution >= 0.6 is 0 Å². The first-order chi connectivity index (χ1) is 8.65. The third kappa shape index (κ3) is 3.42. The molecule has 0 bridgehead atoms. The number of hydrogen-bond acceptors (Lipinski definition) is 4. The SMILES string of the molecule is Cc1cc(N2CCCC(CCC(=O)O)C2)ncn1. The molecule has 1 aliphatic heterocycles. The van der Waals surface area contributed by atoms with Crippen LogP contribution in [0, 0.1) is 12.8 Å². The lowest BCUT2D eigenvalue weighted by Gasteiger charge is -2.33. The minimum absolute atomic E-state index is 0.265. The van der Waals surface area contributed by atoms with Crippen LogP contribution in [0.25, 0.3) is 0 Å². The molecule has 98 valence electrons. The molecule has 1 unspecified atom stereocenters. The smallest absolute Gasteiger partial charge is 0.303 e. The molecule has 18 heavy (non-hydrogen) atoms. The summed E-state index contributed by atoms with van der Waals surface area (Å²) in [6.45, 7) is 3.86. The van der Waals surface area contributed by atoms with Crippen LogP contribution < -0.4 is 4.90 Å². The van der Waals surface area contributed by atoms with Crippen molar-refractivity contribution in [1.82, 2.24) is 9.97 Å². The fourth-order valence-corrected chi connectivity index (χ4v) is 2.45. The van der Waals surface area contributed by atoms with Crippen molar-refractivity contribution in [2.45, 2.75) is 32.6 Å².